The molecule has 0 aromatic heterocycles. The molecule has 5 nitrogen and oxygen atoms in total. The number of hydrogen-bond acceptors (Lipinski definition) is 3. The molecule has 2 N–H and O–H groups in total. The van der Waals surface area contributed by atoms with Crippen molar-refractivity contribution < 1.29 is 9.47 Å². The highest BCUT2D eigenvalue weighted by Crippen LogP contribution is 2.42. The third kappa shape index (κ3) is 8.05. The smallest absolute Gasteiger partial charge is 0.191 e. The van der Waals surface area contributed by atoms with E-state index in [0.29, 0.717) is 10.8 Å². The van der Waals surface area contributed by atoms with Gasteiger partial charge in [0.15, 0.2) is 5.96 Å². The maximum absolute atomic E-state index is 5.36. The average molecular weight is 495 g/mol. The predicted octanol–water partition coefficient (Wildman–Crippen LogP) is 4.35. The molecule has 2 saturated carbocycles. The number of nitrogens with one attached hydrogen (secondary N) is 2. The summed E-state index contributed by atoms with van der Waals surface area (Å²) in [5, 5.41) is 7.12. The SMILES string of the molecule is CCNC(=NCC1(CCOC)CCCC1)NCC1(CCOC)CCCC1.I. The lowest BCUT2D eigenvalue weighted by Crippen LogP contribution is -2.44. The summed E-state index contributed by atoms with van der Waals surface area (Å²) < 4.78 is 10.7. The fourth-order valence-corrected chi connectivity index (χ4v) is 4.75. The first kappa shape index (κ1) is 25.0. The fourth-order valence-electron chi connectivity index (χ4n) is 4.75. The van der Waals surface area contributed by atoms with Gasteiger partial charge < -0.3 is 20.1 Å². The van der Waals surface area contributed by atoms with E-state index >= 15 is 0 Å². The van der Waals surface area contributed by atoms with Gasteiger partial charge >= 0.3 is 0 Å². The maximum atomic E-state index is 5.36. The molecule has 0 atom stereocenters. The zero-order valence-corrected chi connectivity index (χ0v) is 20.1. The molecule has 0 aromatic rings. The van der Waals surface area contributed by atoms with E-state index in [4.69, 9.17) is 14.5 Å². The standard InChI is InChI=1S/C21H41N3O2.HI/c1-4-22-19(23-17-20(13-15-25-2)9-5-6-10-20)24-18-21(14-16-26-3)11-7-8-12-21;/h4-18H2,1-3H3,(H2,22,23,24);1H. The van der Waals surface area contributed by atoms with Crippen LogP contribution in [-0.2, 0) is 9.47 Å². The van der Waals surface area contributed by atoms with Crippen LogP contribution in [0.25, 0.3) is 0 Å². The van der Waals surface area contributed by atoms with E-state index in [1.54, 1.807) is 7.11 Å². The molecule has 0 unspecified atom stereocenters. The monoisotopic (exact) mass is 495 g/mol. The van der Waals surface area contributed by atoms with Crippen molar-refractivity contribution in [3.05, 3.63) is 0 Å². The minimum absolute atomic E-state index is 0. The molecule has 2 rings (SSSR count). The van der Waals surface area contributed by atoms with Crippen molar-refractivity contribution in [2.45, 2.75) is 71.1 Å². The van der Waals surface area contributed by atoms with Gasteiger partial charge in [0.1, 0.15) is 0 Å². The molecule has 0 radical (unpaired) electrons. The Kier molecular flexibility index (Phi) is 12.2. The molecule has 2 aliphatic rings. The van der Waals surface area contributed by atoms with Gasteiger partial charge in [-0.2, -0.15) is 0 Å². The number of nitrogens with zero attached hydrogens (tertiary/aromatic N) is 1. The molecule has 0 aromatic carbocycles. The summed E-state index contributed by atoms with van der Waals surface area (Å²) in [4.78, 5) is 5.00. The molecular formula is C21H42IN3O2. The Labute approximate surface area is 183 Å². The van der Waals surface area contributed by atoms with Crippen molar-refractivity contribution in [3.8, 4) is 0 Å². The lowest BCUT2D eigenvalue weighted by atomic mass is 9.83. The van der Waals surface area contributed by atoms with Gasteiger partial charge in [-0.15, -0.1) is 24.0 Å². The molecule has 0 aliphatic heterocycles. The molecule has 0 bridgehead atoms. The van der Waals surface area contributed by atoms with Crippen molar-refractivity contribution in [2.24, 2.45) is 15.8 Å². The quantitative estimate of drug-likeness (QED) is 0.254. The van der Waals surface area contributed by atoms with Crippen molar-refractivity contribution in [1.82, 2.24) is 10.6 Å². The zero-order chi connectivity index (χ0) is 18.7. The first-order chi connectivity index (χ1) is 12.7. The lowest BCUT2D eigenvalue weighted by Gasteiger charge is -2.31. The highest BCUT2D eigenvalue weighted by atomic mass is 127. The number of rotatable bonds is 11. The van der Waals surface area contributed by atoms with E-state index in [-0.39, 0.29) is 24.0 Å². The van der Waals surface area contributed by atoms with Crippen molar-refractivity contribution >= 4 is 29.9 Å². The molecule has 0 saturated heterocycles. The average Bonchev–Trinajstić information content (AvgIpc) is 3.31. The number of aliphatic imine (C=N–C) groups is 1. The minimum atomic E-state index is 0. The van der Waals surface area contributed by atoms with E-state index in [1.807, 2.05) is 7.11 Å². The summed E-state index contributed by atoms with van der Waals surface area (Å²) in [6.07, 6.45) is 12.8. The van der Waals surface area contributed by atoms with Crippen LogP contribution in [0.1, 0.15) is 71.1 Å². The largest absolute Gasteiger partial charge is 0.385 e. The normalized spacial score (nSPS) is 21.1. The van der Waals surface area contributed by atoms with E-state index in [9.17, 15) is 0 Å². The van der Waals surface area contributed by atoms with Crippen LogP contribution in [0.4, 0.5) is 0 Å². The topological polar surface area (TPSA) is 54.9 Å². The molecule has 6 heteroatoms. The zero-order valence-electron chi connectivity index (χ0n) is 17.8. The van der Waals surface area contributed by atoms with Gasteiger partial charge in [0.05, 0.1) is 0 Å². The molecule has 0 spiro atoms. The molecule has 160 valence electrons. The Morgan fingerprint density at radius 2 is 1.37 bits per heavy atom. The lowest BCUT2D eigenvalue weighted by molar-refractivity contribution is 0.138. The number of hydrogen-bond donors (Lipinski definition) is 2. The third-order valence-electron chi connectivity index (χ3n) is 6.55. The summed E-state index contributed by atoms with van der Waals surface area (Å²) in [5.41, 5.74) is 0.729. The third-order valence-corrected chi connectivity index (χ3v) is 6.55. The van der Waals surface area contributed by atoms with Crippen LogP contribution >= 0.6 is 24.0 Å². The van der Waals surface area contributed by atoms with Crippen molar-refractivity contribution in [2.75, 3.05) is 47.1 Å². The van der Waals surface area contributed by atoms with E-state index in [2.05, 4.69) is 17.6 Å². The Balaban J connectivity index is 0.00000364. The van der Waals surface area contributed by atoms with Crippen LogP contribution in [0.3, 0.4) is 0 Å². The number of halogens is 1. The maximum Gasteiger partial charge on any atom is 0.191 e. The van der Waals surface area contributed by atoms with Gasteiger partial charge in [-0.1, -0.05) is 25.7 Å². The second kappa shape index (κ2) is 13.2. The van der Waals surface area contributed by atoms with Gasteiger partial charge in [-0.3, -0.25) is 4.99 Å². The van der Waals surface area contributed by atoms with Crippen LogP contribution in [-0.4, -0.2) is 53.0 Å². The minimum Gasteiger partial charge on any atom is -0.385 e. The summed E-state index contributed by atoms with van der Waals surface area (Å²) in [6, 6.07) is 0. The van der Waals surface area contributed by atoms with Gasteiger partial charge in [0.2, 0.25) is 0 Å². The summed E-state index contributed by atoms with van der Waals surface area (Å²) >= 11 is 0. The summed E-state index contributed by atoms with van der Waals surface area (Å²) in [6.45, 7) is 6.67. The van der Waals surface area contributed by atoms with Crippen molar-refractivity contribution in [1.29, 1.82) is 0 Å². The Morgan fingerprint density at radius 3 is 1.89 bits per heavy atom. The molecule has 2 fully saturated rings. The predicted molar refractivity (Wildman–Crippen MR) is 124 cm³/mol. The van der Waals surface area contributed by atoms with Gasteiger partial charge in [0.25, 0.3) is 0 Å². The molecule has 0 amide bonds. The highest BCUT2D eigenvalue weighted by Gasteiger charge is 2.35. The van der Waals surface area contributed by atoms with Crippen LogP contribution in [0, 0.1) is 10.8 Å². The van der Waals surface area contributed by atoms with Gasteiger partial charge in [-0.05, 0) is 56.3 Å². The highest BCUT2D eigenvalue weighted by molar-refractivity contribution is 14.0. The van der Waals surface area contributed by atoms with Crippen LogP contribution in [0.15, 0.2) is 4.99 Å². The van der Waals surface area contributed by atoms with Gasteiger partial charge in [-0.25, -0.2) is 0 Å². The Hall–Kier alpha value is -0.0800. The number of methoxy groups -OCH3 is 2. The summed E-state index contributed by atoms with van der Waals surface area (Å²) in [7, 11) is 3.61. The van der Waals surface area contributed by atoms with E-state index < -0.39 is 0 Å². The second-order valence-corrected chi connectivity index (χ2v) is 8.45. The Morgan fingerprint density at radius 1 is 0.852 bits per heavy atom. The molecule has 27 heavy (non-hydrogen) atoms. The van der Waals surface area contributed by atoms with Crippen LogP contribution < -0.4 is 10.6 Å². The van der Waals surface area contributed by atoms with E-state index in [0.717, 1.165) is 51.6 Å². The first-order valence-electron chi connectivity index (χ1n) is 10.7. The van der Waals surface area contributed by atoms with Crippen molar-refractivity contribution in [3.63, 3.8) is 0 Å². The van der Waals surface area contributed by atoms with Gasteiger partial charge in [0, 0.05) is 47.1 Å². The molecule has 0 heterocycles. The number of ether oxygens (including phenoxy) is 2. The molecular weight excluding hydrogens is 453 g/mol. The second-order valence-electron chi connectivity index (χ2n) is 8.45. The van der Waals surface area contributed by atoms with Crippen LogP contribution in [0.5, 0.6) is 0 Å². The summed E-state index contributed by atoms with van der Waals surface area (Å²) in [5.74, 6) is 0.986. The van der Waals surface area contributed by atoms with E-state index in [1.165, 1.54) is 51.4 Å². The number of guanidine groups is 1. The fraction of sp³-hybridized carbons (Fsp3) is 0.952. The first-order valence-corrected chi connectivity index (χ1v) is 10.7. The van der Waals surface area contributed by atoms with Crippen LogP contribution in [0.2, 0.25) is 0 Å². The Bertz CT molecular complexity index is 420. The molecule has 2 aliphatic carbocycles.